The van der Waals surface area contributed by atoms with E-state index in [0.717, 1.165) is 0 Å². The van der Waals surface area contributed by atoms with Gasteiger partial charge in [-0.1, -0.05) is 11.6 Å². The lowest BCUT2D eigenvalue weighted by Gasteiger charge is -2.11. The standard InChI is InChI=1S/C12H13ClFN3O/c1-2-17-12(15-7-16-17)6-11(18)8-3-9(13)5-10(14)4-8/h3-5,7,11,18H,2,6H2,1H3. The number of halogens is 2. The number of hydrogen-bond donors (Lipinski definition) is 1. The molecule has 18 heavy (non-hydrogen) atoms. The van der Waals surface area contributed by atoms with Crippen LogP contribution in [0.5, 0.6) is 0 Å². The van der Waals surface area contributed by atoms with Crippen LogP contribution in [0.1, 0.15) is 24.4 Å². The monoisotopic (exact) mass is 269 g/mol. The highest BCUT2D eigenvalue weighted by molar-refractivity contribution is 6.30. The van der Waals surface area contributed by atoms with Crippen LogP contribution < -0.4 is 0 Å². The minimum Gasteiger partial charge on any atom is -0.388 e. The van der Waals surface area contributed by atoms with Crippen molar-refractivity contribution in [1.82, 2.24) is 14.8 Å². The van der Waals surface area contributed by atoms with Crippen molar-refractivity contribution in [1.29, 1.82) is 0 Å². The molecule has 2 aromatic rings. The van der Waals surface area contributed by atoms with Gasteiger partial charge in [-0.2, -0.15) is 5.10 Å². The Kier molecular flexibility index (Phi) is 3.93. The Labute approximate surface area is 109 Å². The minimum absolute atomic E-state index is 0.265. The second-order valence-electron chi connectivity index (χ2n) is 3.91. The summed E-state index contributed by atoms with van der Waals surface area (Å²) >= 11 is 5.75. The van der Waals surface area contributed by atoms with Crippen molar-refractivity contribution in [3.8, 4) is 0 Å². The van der Waals surface area contributed by atoms with Crippen LogP contribution in [0.3, 0.4) is 0 Å². The van der Waals surface area contributed by atoms with Gasteiger partial charge in [-0.05, 0) is 30.7 Å². The van der Waals surface area contributed by atoms with Crippen molar-refractivity contribution >= 4 is 11.6 Å². The molecule has 0 aliphatic heterocycles. The molecule has 1 unspecified atom stereocenters. The molecule has 0 spiro atoms. The third-order valence-corrected chi connectivity index (χ3v) is 2.86. The number of hydrogen-bond acceptors (Lipinski definition) is 3. The SMILES string of the molecule is CCn1ncnc1CC(O)c1cc(F)cc(Cl)c1. The average molecular weight is 270 g/mol. The summed E-state index contributed by atoms with van der Waals surface area (Å²) in [4.78, 5) is 4.06. The Morgan fingerprint density at radius 1 is 1.44 bits per heavy atom. The molecule has 6 heteroatoms. The van der Waals surface area contributed by atoms with E-state index < -0.39 is 11.9 Å². The zero-order chi connectivity index (χ0) is 13.1. The molecular formula is C12H13ClFN3O. The average Bonchev–Trinajstić information content (AvgIpc) is 2.75. The van der Waals surface area contributed by atoms with Crippen LogP contribution in [0.15, 0.2) is 24.5 Å². The number of aryl methyl sites for hydroxylation is 1. The zero-order valence-electron chi connectivity index (χ0n) is 9.85. The Hall–Kier alpha value is -1.46. The van der Waals surface area contributed by atoms with E-state index in [2.05, 4.69) is 10.1 Å². The molecular weight excluding hydrogens is 257 g/mol. The molecule has 96 valence electrons. The summed E-state index contributed by atoms with van der Waals surface area (Å²) in [7, 11) is 0. The van der Waals surface area contributed by atoms with Gasteiger partial charge in [0.1, 0.15) is 18.0 Å². The highest BCUT2D eigenvalue weighted by Crippen LogP contribution is 2.22. The van der Waals surface area contributed by atoms with Gasteiger partial charge in [0, 0.05) is 18.0 Å². The van der Waals surface area contributed by atoms with Crippen molar-refractivity contribution in [2.75, 3.05) is 0 Å². The van der Waals surface area contributed by atoms with Crippen LogP contribution in [0, 0.1) is 5.82 Å². The maximum absolute atomic E-state index is 13.2. The van der Waals surface area contributed by atoms with Crippen LogP contribution in [-0.4, -0.2) is 19.9 Å². The number of benzene rings is 1. The van der Waals surface area contributed by atoms with Crippen molar-refractivity contribution in [2.45, 2.75) is 26.0 Å². The number of nitrogens with zero attached hydrogens (tertiary/aromatic N) is 3. The first-order valence-corrected chi connectivity index (χ1v) is 5.98. The highest BCUT2D eigenvalue weighted by Gasteiger charge is 2.14. The van der Waals surface area contributed by atoms with Crippen LogP contribution in [0.4, 0.5) is 4.39 Å². The molecule has 4 nitrogen and oxygen atoms in total. The number of aliphatic hydroxyl groups excluding tert-OH is 1. The first-order chi connectivity index (χ1) is 8.60. The topological polar surface area (TPSA) is 50.9 Å². The zero-order valence-corrected chi connectivity index (χ0v) is 10.6. The Bertz CT molecular complexity index is 524. The molecule has 1 aromatic carbocycles. The maximum Gasteiger partial charge on any atom is 0.138 e. The summed E-state index contributed by atoms with van der Waals surface area (Å²) in [5.41, 5.74) is 0.436. The minimum atomic E-state index is -0.854. The lowest BCUT2D eigenvalue weighted by atomic mass is 10.1. The van der Waals surface area contributed by atoms with Gasteiger partial charge in [0.25, 0.3) is 0 Å². The molecule has 0 radical (unpaired) electrons. The summed E-state index contributed by atoms with van der Waals surface area (Å²) in [5.74, 6) is 0.193. The molecule has 0 aliphatic rings. The fourth-order valence-electron chi connectivity index (χ4n) is 1.77. The van der Waals surface area contributed by atoms with E-state index in [1.807, 2.05) is 6.92 Å². The first-order valence-electron chi connectivity index (χ1n) is 5.61. The van der Waals surface area contributed by atoms with Crippen molar-refractivity contribution < 1.29 is 9.50 Å². The van der Waals surface area contributed by atoms with E-state index in [1.165, 1.54) is 18.5 Å². The van der Waals surface area contributed by atoms with Crippen LogP contribution in [0.25, 0.3) is 0 Å². The van der Waals surface area contributed by atoms with E-state index in [0.29, 0.717) is 17.9 Å². The van der Waals surface area contributed by atoms with Gasteiger partial charge in [-0.15, -0.1) is 0 Å². The van der Waals surface area contributed by atoms with Gasteiger partial charge < -0.3 is 5.11 Å². The largest absolute Gasteiger partial charge is 0.388 e. The van der Waals surface area contributed by atoms with Gasteiger partial charge in [-0.3, -0.25) is 4.68 Å². The Morgan fingerprint density at radius 2 is 2.22 bits per heavy atom. The van der Waals surface area contributed by atoms with E-state index in [1.54, 1.807) is 10.7 Å². The molecule has 1 aromatic heterocycles. The molecule has 0 amide bonds. The number of rotatable bonds is 4. The molecule has 1 atom stereocenters. The third-order valence-electron chi connectivity index (χ3n) is 2.64. The van der Waals surface area contributed by atoms with Crippen molar-refractivity contribution in [3.05, 3.63) is 46.8 Å². The van der Waals surface area contributed by atoms with Crippen LogP contribution >= 0.6 is 11.6 Å². The lowest BCUT2D eigenvalue weighted by Crippen LogP contribution is -2.09. The summed E-state index contributed by atoms with van der Waals surface area (Å²) in [6.07, 6.45) is 0.852. The third kappa shape index (κ3) is 2.86. The van der Waals surface area contributed by atoms with Gasteiger partial charge >= 0.3 is 0 Å². The van der Waals surface area contributed by atoms with Gasteiger partial charge in [0.2, 0.25) is 0 Å². The second-order valence-corrected chi connectivity index (χ2v) is 4.35. The predicted molar refractivity (Wildman–Crippen MR) is 65.8 cm³/mol. The molecule has 1 N–H and O–H groups in total. The quantitative estimate of drug-likeness (QED) is 0.927. The molecule has 0 aliphatic carbocycles. The molecule has 0 saturated carbocycles. The van der Waals surface area contributed by atoms with Gasteiger partial charge in [0.15, 0.2) is 0 Å². The molecule has 2 rings (SSSR count). The van der Waals surface area contributed by atoms with Crippen LogP contribution in [0.2, 0.25) is 5.02 Å². The Morgan fingerprint density at radius 3 is 2.89 bits per heavy atom. The maximum atomic E-state index is 13.2. The summed E-state index contributed by atoms with van der Waals surface area (Å²) in [5, 5.41) is 14.3. The highest BCUT2D eigenvalue weighted by atomic mass is 35.5. The van der Waals surface area contributed by atoms with Crippen molar-refractivity contribution in [3.63, 3.8) is 0 Å². The van der Waals surface area contributed by atoms with E-state index in [4.69, 9.17) is 11.6 Å². The summed E-state index contributed by atoms with van der Waals surface area (Å²) < 4.78 is 14.9. The molecule has 0 saturated heterocycles. The smallest absolute Gasteiger partial charge is 0.138 e. The van der Waals surface area contributed by atoms with Crippen LogP contribution in [-0.2, 0) is 13.0 Å². The van der Waals surface area contributed by atoms with E-state index in [-0.39, 0.29) is 11.4 Å². The number of aliphatic hydroxyl groups is 1. The number of aromatic nitrogens is 3. The van der Waals surface area contributed by atoms with E-state index >= 15 is 0 Å². The molecule has 0 bridgehead atoms. The fraction of sp³-hybridized carbons (Fsp3) is 0.333. The summed E-state index contributed by atoms with van der Waals surface area (Å²) in [6.45, 7) is 2.61. The van der Waals surface area contributed by atoms with E-state index in [9.17, 15) is 9.50 Å². The molecule has 0 fully saturated rings. The fourth-order valence-corrected chi connectivity index (χ4v) is 2.00. The van der Waals surface area contributed by atoms with Gasteiger partial charge in [0.05, 0.1) is 6.10 Å². The normalized spacial score (nSPS) is 12.7. The van der Waals surface area contributed by atoms with Gasteiger partial charge in [-0.25, -0.2) is 9.37 Å². The summed E-state index contributed by atoms with van der Waals surface area (Å²) in [6, 6.07) is 4.01. The Balaban J connectivity index is 2.19. The lowest BCUT2D eigenvalue weighted by molar-refractivity contribution is 0.173. The van der Waals surface area contributed by atoms with Crippen molar-refractivity contribution in [2.24, 2.45) is 0 Å². The second kappa shape index (κ2) is 5.46. The first kappa shape index (κ1) is 13.0. The molecule has 1 heterocycles. The predicted octanol–water partition coefficient (Wildman–Crippen LogP) is 2.37.